The van der Waals surface area contributed by atoms with E-state index in [1.165, 1.54) is 13.2 Å². The quantitative estimate of drug-likeness (QED) is 0.790. The van der Waals surface area contributed by atoms with Crippen molar-refractivity contribution in [3.63, 3.8) is 0 Å². The molecule has 0 aliphatic rings. The number of carboxylic acid groups (broad SMARTS) is 1. The van der Waals surface area contributed by atoms with Crippen molar-refractivity contribution in [1.82, 2.24) is 0 Å². The molecule has 0 aliphatic heterocycles. The minimum atomic E-state index is -1.17. The number of hydrogen-bond donors (Lipinski definition) is 2. The lowest BCUT2D eigenvalue weighted by Gasteiger charge is -2.08. The maximum atomic E-state index is 10.6. The van der Waals surface area contributed by atoms with Gasteiger partial charge in [0.15, 0.2) is 11.5 Å². The maximum Gasteiger partial charge on any atom is 0.339 e. The first-order valence-electron chi connectivity index (χ1n) is 4.67. The molecule has 0 spiro atoms. The number of aromatic hydroxyl groups is 1. The van der Waals surface area contributed by atoms with Gasteiger partial charge in [-0.2, -0.15) is 0 Å². The topological polar surface area (TPSA) is 66.8 Å². The van der Waals surface area contributed by atoms with E-state index >= 15 is 0 Å². The van der Waals surface area contributed by atoms with Gasteiger partial charge in [-0.05, 0) is 18.6 Å². The fourth-order valence-corrected chi connectivity index (χ4v) is 1.10. The van der Waals surface area contributed by atoms with Crippen molar-refractivity contribution in [2.24, 2.45) is 0 Å². The Bertz CT molecular complexity index is 345. The van der Waals surface area contributed by atoms with Crippen LogP contribution in [0.3, 0.4) is 0 Å². The Hall–Kier alpha value is -1.71. The molecule has 0 fully saturated rings. The molecule has 4 nitrogen and oxygen atoms in total. The molecule has 84 valence electrons. The summed E-state index contributed by atoms with van der Waals surface area (Å²) < 4.78 is 4.85. The monoisotopic (exact) mass is 212 g/mol. The largest absolute Gasteiger partial charge is 0.504 e. The van der Waals surface area contributed by atoms with Crippen molar-refractivity contribution in [3.8, 4) is 11.5 Å². The van der Waals surface area contributed by atoms with Crippen molar-refractivity contribution in [2.75, 3.05) is 7.11 Å². The smallest absolute Gasteiger partial charge is 0.339 e. The lowest BCUT2D eigenvalue weighted by molar-refractivity contribution is 0.0693. The van der Waals surface area contributed by atoms with Crippen LogP contribution in [0.2, 0.25) is 0 Å². The van der Waals surface area contributed by atoms with Crippen LogP contribution in [0.5, 0.6) is 11.5 Å². The summed E-state index contributed by atoms with van der Waals surface area (Å²) in [7, 11) is 1.38. The van der Waals surface area contributed by atoms with Gasteiger partial charge in [0.2, 0.25) is 0 Å². The van der Waals surface area contributed by atoms with Crippen molar-refractivity contribution in [2.45, 2.75) is 20.8 Å². The predicted molar refractivity (Wildman–Crippen MR) is 57.7 cm³/mol. The highest BCUT2D eigenvalue weighted by molar-refractivity contribution is 5.92. The van der Waals surface area contributed by atoms with Crippen molar-refractivity contribution in [1.29, 1.82) is 0 Å². The van der Waals surface area contributed by atoms with Gasteiger partial charge in [0, 0.05) is 0 Å². The van der Waals surface area contributed by atoms with E-state index in [1.807, 2.05) is 13.8 Å². The Labute approximate surface area is 89.1 Å². The van der Waals surface area contributed by atoms with Gasteiger partial charge in [0.25, 0.3) is 0 Å². The van der Waals surface area contributed by atoms with Crippen LogP contribution in [-0.4, -0.2) is 23.3 Å². The molecule has 0 heterocycles. The van der Waals surface area contributed by atoms with Crippen molar-refractivity contribution >= 4 is 5.97 Å². The molecule has 1 aromatic rings. The first kappa shape index (κ1) is 13.3. The zero-order valence-corrected chi connectivity index (χ0v) is 9.37. The molecule has 0 radical (unpaired) electrons. The summed E-state index contributed by atoms with van der Waals surface area (Å²) in [6.45, 7) is 5.73. The molecule has 0 aromatic heterocycles. The van der Waals surface area contributed by atoms with Gasteiger partial charge >= 0.3 is 5.97 Å². The van der Waals surface area contributed by atoms with Gasteiger partial charge in [-0.1, -0.05) is 19.9 Å². The summed E-state index contributed by atoms with van der Waals surface area (Å²) in [5.74, 6) is -1.29. The van der Waals surface area contributed by atoms with E-state index in [0.717, 1.165) is 0 Å². The van der Waals surface area contributed by atoms with Crippen LogP contribution in [0.15, 0.2) is 12.1 Å². The second-order valence-corrected chi connectivity index (χ2v) is 2.62. The molecule has 0 bridgehead atoms. The average Bonchev–Trinajstić information content (AvgIpc) is 2.21. The normalized spacial score (nSPS) is 8.80. The van der Waals surface area contributed by atoms with Crippen LogP contribution < -0.4 is 4.74 Å². The van der Waals surface area contributed by atoms with Crippen LogP contribution in [0, 0.1) is 6.92 Å². The van der Waals surface area contributed by atoms with Gasteiger partial charge in [0.1, 0.15) is 5.56 Å². The second-order valence-electron chi connectivity index (χ2n) is 2.62. The lowest BCUT2D eigenvalue weighted by Crippen LogP contribution is -1.99. The molecular formula is C11H16O4. The summed E-state index contributed by atoms with van der Waals surface area (Å²) in [4.78, 5) is 10.6. The third-order valence-corrected chi connectivity index (χ3v) is 1.76. The minimum absolute atomic E-state index is 0.151. The first-order valence-corrected chi connectivity index (χ1v) is 4.67. The molecule has 2 N–H and O–H groups in total. The van der Waals surface area contributed by atoms with Crippen LogP contribution >= 0.6 is 0 Å². The Balaban J connectivity index is 0.000000921. The van der Waals surface area contributed by atoms with Crippen LogP contribution in [0.25, 0.3) is 0 Å². The minimum Gasteiger partial charge on any atom is -0.504 e. The molecule has 0 aliphatic carbocycles. The molecule has 0 unspecified atom stereocenters. The number of phenols is 1. The summed E-state index contributed by atoms with van der Waals surface area (Å²) in [5.41, 5.74) is 0.549. The highest BCUT2D eigenvalue weighted by Crippen LogP contribution is 2.32. The van der Waals surface area contributed by atoms with E-state index in [2.05, 4.69) is 0 Å². The zero-order chi connectivity index (χ0) is 12.0. The molecule has 0 saturated heterocycles. The second kappa shape index (κ2) is 5.90. The average molecular weight is 212 g/mol. The third kappa shape index (κ3) is 2.87. The van der Waals surface area contributed by atoms with E-state index in [4.69, 9.17) is 9.84 Å². The zero-order valence-electron chi connectivity index (χ0n) is 9.37. The van der Waals surface area contributed by atoms with Crippen LogP contribution in [0.1, 0.15) is 29.8 Å². The van der Waals surface area contributed by atoms with Crippen LogP contribution in [0.4, 0.5) is 0 Å². The van der Waals surface area contributed by atoms with E-state index in [1.54, 1.807) is 13.0 Å². The number of aromatic carboxylic acids is 1. The highest BCUT2D eigenvalue weighted by Gasteiger charge is 2.15. The maximum absolute atomic E-state index is 10.6. The predicted octanol–water partition coefficient (Wildman–Crippen LogP) is 2.43. The Morgan fingerprint density at radius 3 is 2.27 bits per heavy atom. The molecule has 1 aromatic carbocycles. The van der Waals surface area contributed by atoms with Crippen molar-refractivity contribution in [3.05, 3.63) is 23.3 Å². The fourth-order valence-electron chi connectivity index (χ4n) is 1.10. The molecular weight excluding hydrogens is 196 g/mol. The lowest BCUT2D eigenvalue weighted by atomic mass is 10.1. The van der Waals surface area contributed by atoms with Gasteiger partial charge in [-0.15, -0.1) is 0 Å². The van der Waals surface area contributed by atoms with Gasteiger partial charge in [-0.25, -0.2) is 4.79 Å². The van der Waals surface area contributed by atoms with E-state index in [0.29, 0.717) is 5.56 Å². The van der Waals surface area contributed by atoms with Gasteiger partial charge in [0.05, 0.1) is 7.11 Å². The van der Waals surface area contributed by atoms with Crippen LogP contribution in [-0.2, 0) is 0 Å². The Morgan fingerprint density at radius 1 is 1.33 bits per heavy atom. The number of carboxylic acids is 1. The number of aryl methyl sites for hydroxylation is 1. The molecule has 1 rings (SSSR count). The first-order chi connectivity index (χ1) is 7.07. The van der Waals surface area contributed by atoms with Gasteiger partial charge < -0.3 is 14.9 Å². The van der Waals surface area contributed by atoms with Crippen molar-refractivity contribution < 1.29 is 19.7 Å². The number of methoxy groups -OCH3 is 1. The highest BCUT2D eigenvalue weighted by atomic mass is 16.5. The number of carbonyl (C=O) groups is 1. The summed E-state index contributed by atoms with van der Waals surface area (Å²) in [6.07, 6.45) is 0. The van der Waals surface area contributed by atoms with E-state index < -0.39 is 5.97 Å². The molecule has 0 amide bonds. The third-order valence-electron chi connectivity index (χ3n) is 1.76. The summed E-state index contributed by atoms with van der Waals surface area (Å²) in [6, 6.07) is 2.93. The molecule has 0 saturated carbocycles. The number of benzene rings is 1. The van der Waals surface area contributed by atoms with E-state index in [-0.39, 0.29) is 17.1 Å². The standard InChI is InChI=1S/C9H10O4.C2H6/c1-5-3-4-6(9(11)12)7(10)8(5)13-2;1-2/h3-4,10H,1-2H3,(H,11,12);1-2H3. The number of hydrogen-bond acceptors (Lipinski definition) is 3. The molecule has 4 heteroatoms. The number of ether oxygens (including phenoxy) is 1. The van der Waals surface area contributed by atoms with Gasteiger partial charge in [-0.3, -0.25) is 0 Å². The summed E-state index contributed by atoms with van der Waals surface area (Å²) >= 11 is 0. The SMILES string of the molecule is CC.COc1c(C)ccc(C(=O)O)c1O. The Kier molecular flexibility index (Phi) is 5.23. The Morgan fingerprint density at radius 2 is 1.87 bits per heavy atom. The number of rotatable bonds is 2. The molecule has 15 heavy (non-hydrogen) atoms. The van der Waals surface area contributed by atoms with E-state index in [9.17, 15) is 9.90 Å². The molecule has 0 atom stereocenters. The summed E-state index contributed by atoms with van der Waals surface area (Å²) in [5, 5.41) is 18.1. The fraction of sp³-hybridized carbons (Fsp3) is 0.364.